The minimum atomic E-state index is 0.0485. The van der Waals surface area contributed by atoms with E-state index in [1.165, 1.54) is 0 Å². The summed E-state index contributed by atoms with van der Waals surface area (Å²) >= 11 is 6.24. The number of carbonyl (C=O) groups is 2. The molecule has 0 aliphatic carbocycles. The molecular weight excluding hydrogens is 720 g/mol. The fraction of sp³-hybridized carbons (Fsp3) is 0.317. The molecule has 0 radical (unpaired) electrons. The number of benzene rings is 4. The van der Waals surface area contributed by atoms with Crippen LogP contribution < -0.4 is 14.2 Å². The number of hydrogen-bond donors (Lipinski definition) is 2. The summed E-state index contributed by atoms with van der Waals surface area (Å²) in [6.45, 7) is 7.68. The number of aromatic amines is 2. The lowest BCUT2D eigenvalue weighted by Gasteiger charge is -2.35. The summed E-state index contributed by atoms with van der Waals surface area (Å²) < 4.78 is 16.3. The lowest BCUT2D eigenvalue weighted by molar-refractivity contribution is 0.0622. The van der Waals surface area contributed by atoms with Crippen molar-refractivity contribution in [1.82, 2.24) is 39.5 Å². The van der Waals surface area contributed by atoms with E-state index in [9.17, 15) is 9.59 Å². The molecule has 2 amide bonds. The van der Waals surface area contributed by atoms with Crippen LogP contribution in [0.4, 0.5) is 0 Å². The molecule has 0 unspecified atom stereocenters. The fourth-order valence-corrected chi connectivity index (χ4v) is 7.26. The van der Waals surface area contributed by atoms with Gasteiger partial charge in [-0.15, -0.1) is 0 Å². The molecule has 2 aliphatic heterocycles. The Morgan fingerprint density at radius 2 is 1.13 bits per heavy atom. The number of H-pyrrole nitrogens is 2. The Morgan fingerprint density at radius 1 is 0.636 bits per heavy atom. The first-order valence-corrected chi connectivity index (χ1v) is 18.6. The maximum Gasteiger partial charge on any atom is 0.254 e. The third-order valence-corrected chi connectivity index (χ3v) is 10.5. The molecule has 8 rings (SSSR count). The van der Waals surface area contributed by atoms with Crippen molar-refractivity contribution in [2.24, 2.45) is 0 Å². The first kappa shape index (κ1) is 37.7. The van der Waals surface area contributed by atoms with Crippen LogP contribution in [0, 0.1) is 0 Å². The molecule has 286 valence electrons. The van der Waals surface area contributed by atoms with Gasteiger partial charge in [-0.2, -0.15) is 0 Å². The van der Waals surface area contributed by atoms with E-state index >= 15 is 0 Å². The SMILES string of the molecule is COc1cc(CN2CCN(C(=O)c3ccc4[nH]cnc4c3)CC2)cc(OC)c1OC.O=C(c1ccc2[nH]cnc2c1)N1CCN(Cc2ccccc2Cl)CC1. The van der Waals surface area contributed by atoms with Gasteiger partial charge in [-0.25, -0.2) is 9.97 Å². The average Bonchev–Trinajstić information content (AvgIpc) is 3.91. The summed E-state index contributed by atoms with van der Waals surface area (Å²) in [6, 6.07) is 23.1. The van der Waals surface area contributed by atoms with Gasteiger partial charge >= 0.3 is 0 Å². The van der Waals surface area contributed by atoms with Crippen LogP contribution >= 0.6 is 11.6 Å². The minimum Gasteiger partial charge on any atom is -0.493 e. The number of rotatable bonds is 9. The first-order valence-electron chi connectivity index (χ1n) is 18.3. The number of methoxy groups -OCH3 is 3. The molecule has 55 heavy (non-hydrogen) atoms. The second kappa shape index (κ2) is 17.2. The van der Waals surface area contributed by atoms with Gasteiger partial charge in [0, 0.05) is 81.6 Å². The molecule has 2 saturated heterocycles. The highest BCUT2D eigenvalue weighted by molar-refractivity contribution is 6.31. The Bertz CT molecular complexity index is 2230. The van der Waals surface area contributed by atoms with Crippen molar-refractivity contribution in [2.75, 3.05) is 73.7 Å². The number of amides is 2. The predicted octanol–water partition coefficient (Wildman–Crippen LogP) is 5.72. The second-order valence-corrected chi connectivity index (χ2v) is 13.9. The Hall–Kier alpha value is -5.63. The molecule has 0 spiro atoms. The number of aromatic nitrogens is 4. The monoisotopic (exact) mass is 764 g/mol. The van der Waals surface area contributed by atoms with E-state index < -0.39 is 0 Å². The van der Waals surface area contributed by atoms with Gasteiger partial charge in [0.1, 0.15) is 0 Å². The number of halogens is 1. The molecule has 2 N–H and O–H groups in total. The van der Waals surface area contributed by atoms with E-state index in [4.69, 9.17) is 25.8 Å². The summed E-state index contributed by atoms with van der Waals surface area (Å²) in [5.41, 5.74) is 7.08. The molecule has 2 aromatic heterocycles. The summed E-state index contributed by atoms with van der Waals surface area (Å²) in [5.74, 6) is 2.01. The molecule has 4 aromatic carbocycles. The van der Waals surface area contributed by atoms with Crippen molar-refractivity contribution in [3.05, 3.63) is 113 Å². The highest BCUT2D eigenvalue weighted by Gasteiger charge is 2.25. The number of nitrogens with zero attached hydrogens (tertiary/aromatic N) is 6. The number of fused-ring (bicyclic) bond motifs is 2. The molecule has 4 heterocycles. The van der Waals surface area contributed by atoms with Crippen molar-refractivity contribution in [3.8, 4) is 17.2 Å². The second-order valence-electron chi connectivity index (χ2n) is 13.5. The van der Waals surface area contributed by atoms with Gasteiger partial charge < -0.3 is 34.0 Å². The van der Waals surface area contributed by atoms with Crippen LogP contribution in [0.3, 0.4) is 0 Å². The van der Waals surface area contributed by atoms with Crippen LogP contribution in [-0.4, -0.2) is 125 Å². The van der Waals surface area contributed by atoms with Crippen LogP contribution in [-0.2, 0) is 13.1 Å². The molecule has 2 aliphatic rings. The number of nitrogens with one attached hydrogen (secondary N) is 2. The van der Waals surface area contributed by atoms with Gasteiger partial charge in [-0.05, 0) is 65.7 Å². The summed E-state index contributed by atoms with van der Waals surface area (Å²) in [7, 11) is 4.83. The van der Waals surface area contributed by atoms with Crippen molar-refractivity contribution in [3.63, 3.8) is 0 Å². The van der Waals surface area contributed by atoms with E-state index in [0.717, 1.165) is 90.6 Å². The van der Waals surface area contributed by atoms with Crippen LogP contribution in [0.5, 0.6) is 17.2 Å². The Labute approximate surface area is 324 Å². The van der Waals surface area contributed by atoms with Gasteiger partial charge in [0.05, 0.1) is 56.1 Å². The zero-order valence-corrected chi connectivity index (χ0v) is 32.0. The van der Waals surface area contributed by atoms with Gasteiger partial charge in [0.25, 0.3) is 11.8 Å². The van der Waals surface area contributed by atoms with E-state index in [1.807, 2.05) is 76.5 Å². The smallest absolute Gasteiger partial charge is 0.254 e. The Balaban J connectivity index is 0.000000172. The number of carbonyl (C=O) groups excluding carboxylic acids is 2. The molecule has 2 fully saturated rings. The summed E-state index contributed by atoms with van der Waals surface area (Å²) in [6.07, 6.45) is 3.28. The third-order valence-electron chi connectivity index (χ3n) is 10.1. The van der Waals surface area contributed by atoms with E-state index in [0.29, 0.717) is 41.5 Å². The zero-order chi connectivity index (χ0) is 38.3. The Kier molecular flexibility index (Phi) is 11.8. The number of imidazole rings is 2. The number of ether oxygens (including phenoxy) is 3. The lowest BCUT2D eigenvalue weighted by Crippen LogP contribution is -2.48. The minimum absolute atomic E-state index is 0.0485. The third kappa shape index (κ3) is 8.69. The highest BCUT2D eigenvalue weighted by Crippen LogP contribution is 2.38. The van der Waals surface area contributed by atoms with Crippen molar-refractivity contribution in [2.45, 2.75) is 13.1 Å². The maximum absolute atomic E-state index is 12.9. The average molecular weight is 765 g/mol. The zero-order valence-electron chi connectivity index (χ0n) is 31.3. The largest absolute Gasteiger partial charge is 0.493 e. The first-order chi connectivity index (χ1) is 26.8. The normalized spacial score (nSPS) is 15.1. The van der Waals surface area contributed by atoms with Crippen molar-refractivity contribution >= 4 is 45.5 Å². The maximum atomic E-state index is 12.9. The molecule has 0 saturated carbocycles. The molecule has 14 heteroatoms. The highest BCUT2D eigenvalue weighted by atomic mass is 35.5. The van der Waals surface area contributed by atoms with Crippen molar-refractivity contribution < 1.29 is 23.8 Å². The summed E-state index contributed by atoms with van der Waals surface area (Å²) in [4.78, 5) is 48.7. The number of piperazine rings is 2. The molecular formula is C41H45ClN8O5. The van der Waals surface area contributed by atoms with E-state index in [-0.39, 0.29) is 11.8 Å². The topological polar surface area (TPSA) is 132 Å². The van der Waals surface area contributed by atoms with Crippen molar-refractivity contribution in [1.29, 1.82) is 0 Å². The van der Waals surface area contributed by atoms with Crippen LogP contribution in [0.15, 0.2) is 85.5 Å². The summed E-state index contributed by atoms with van der Waals surface area (Å²) in [5, 5.41) is 0.799. The standard InChI is InChI=1S/C22H26N4O4.C19H19ClN4O/c1-28-19-10-15(11-20(29-2)21(19)30-3)13-25-6-8-26(9-7-25)22(27)16-4-5-17-18(12-16)24-14-23-17;20-16-4-2-1-3-15(16)12-23-7-9-24(10-8-23)19(25)14-5-6-17-18(11-14)22-13-21-17/h4-5,10-12,14H,6-9,13H2,1-3H3,(H,23,24);1-6,11,13H,7-10,12H2,(H,21,22). The van der Waals surface area contributed by atoms with Crippen LogP contribution in [0.2, 0.25) is 5.02 Å². The fourth-order valence-electron chi connectivity index (χ4n) is 7.07. The molecule has 0 bridgehead atoms. The van der Waals surface area contributed by atoms with Gasteiger partial charge in [0.2, 0.25) is 5.75 Å². The molecule has 6 aromatic rings. The Morgan fingerprint density at radius 3 is 1.60 bits per heavy atom. The van der Waals surface area contributed by atoms with Gasteiger partial charge in [0.15, 0.2) is 11.5 Å². The van der Waals surface area contributed by atoms with Gasteiger partial charge in [-0.1, -0.05) is 29.8 Å². The quantitative estimate of drug-likeness (QED) is 0.190. The van der Waals surface area contributed by atoms with Gasteiger partial charge in [-0.3, -0.25) is 19.4 Å². The van der Waals surface area contributed by atoms with E-state index in [2.05, 4.69) is 35.8 Å². The van der Waals surface area contributed by atoms with Crippen LogP contribution in [0.25, 0.3) is 22.1 Å². The van der Waals surface area contributed by atoms with Crippen LogP contribution in [0.1, 0.15) is 31.8 Å². The number of hydrogen-bond acceptors (Lipinski definition) is 9. The molecule has 0 atom stereocenters. The van der Waals surface area contributed by atoms with E-state index in [1.54, 1.807) is 34.0 Å². The lowest BCUT2D eigenvalue weighted by atomic mass is 10.1. The predicted molar refractivity (Wildman–Crippen MR) is 212 cm³/mol. The molecule has 13 nitrogen and oxygen atoms in total.